The number of rotatable bonds is 3. The van der Waals surface area contributed by atoms with Crippen LogP contribution in [0, 0.1) is 0 Å². The van der Waals surface area contributed by atoms with Crippen LogP contribution in [0.1, 0.15) is 15.9 Å². The van der Waals surface area contributed by atoms with Gasteiger partial charge in [-0.2, -0.15) is 0 Å². The Bertz CT molecular complexity index is 557. The van der Waals surface area contributed by atoms with Crippen LogP contribution in [0.2, 0.25) is 0 Å². The number of morpholine rings is 1. The predicted molar refractivity (Wildman–Crippen MR) is 74.5 cm³/mol. The van der Waals surface area contributed by atoms with Crippen molar-refractivity contribution in [3.63, 3.8) is 0 Å². The van der Waals surface area contributed by atoms with Gasteiger partial charge in [-0.25, -0.2) is 4.98 Å². The normalized spacial score (nSPS) is 15.3. The maximum absolute atomic E-state index is 12.3. The first kappa shape index (κ1) is 12.9. The molecule has 1 aromatic carbocycles. The van der Waals surface area contributed by atoms with Crippen LogP contribution in [0.25, 0.3) is 0 Å². The monoisotopic (exact) mass is 271 g/mol. The highest BCUT2D eigenvalue weighted by atomic mass is 16.5. The number of nitrogens with zero attached hydrogens (tertiary/aromatic N) is 3. The van der Waals surface area contributed by atoms with Crippen molar-refractivity contribution in [3.05, 3.63) is 54.1 Å². The molecular formula is C15H17N3O2. The maximum atomic E-state index is 12.3. The van der Waals surface area contributed by atoms with E-state index in [2.05, 4.69) is 4.98 Å². The second-order valence-corrected chi connectivity index (χ2v) is 4.84. The van der Waals surface area contributed by atoms with E-state index >= 15 is 0 Å². The van der Waals surface area contributed by atoms with E-state index in [9.17, 15) is 4.79 Å². The van der Waals surface area contributed by atoms with Crippen molar-refractivity contribution in [1.29, 1.82) is 0 Å². The third kappa shape index (κ3) is 2.88. The number of amides is 1. The molecule has 0 aliphatic carbocycles. The summed E-state index contributed by atoms with van der Waals surface area (Å²) in [6, 6.07) is 7.77. The molecule has 104 valence electrons. The zero-order chi connectivity index (χ0) is 13.8. The molecule has 0 radical (unpaired) electrons. The molecular weight excluding hydrogens is 254 g/mol. The highest BCUT2D eigenvalue weighted by Crippen LogP contribution is 2.10. The van der Waals surface area contributed by atoms with Gasteiger partial charge in [-0.15, -0.1) is 0 Å². The van der Waals surface area contributed by atoms with Gasteiger partial charge in [-0.1, -0.05) is 12.1 Å². The van der Waals surface area contributed by atoms with Crippen LogP contribution in [0.3, 0.4) is 0 Å². The summed E-state index contributed by atoms with van der Waals surface area (Å²) < 4.78 is 7.26. The Morgan fingerprint density at radius 1 is 1.20 bits per heavy atom. The van der Waals surface area contributed by atoms with Crippen molar-refractivity contribution in [3.8, 4) is 0 Å². The Kier molecular flexibility index (Phi) is 3.78. The summed E-state index contributed by atoms with van der Waals surface area (Å²) in [5, 5.41) is 0. The van der Waals surface area contributed by atoms with Crippen molar-refractivity contribution in [2.75, 3.05) is 26.3 Å². The minimum Gasteiger partial charge on any atom is -0.378 e. The minimum atomic E-state index is 0.0856. The number of benzene rings is 1. The highest BCUT2D eigenvalue weighted by molar-refractivity contribution is 5.94. The number of ether oxygens (including phenoxy) is 1. The van der Waals surface area contributed by atoms with E-state index in [0.29, 0.717) is 26.3 Å². The molecule has 1 aromatic heterocycles. The average molecular weight is 271 g/mol. The molecule has 20 heavy (non-hydrogen) atoms. The largest absolute Gasteiger partial charge is 0.378 e. The fourth-order valence-electron chi connectivity index (χ4n) is 2.29. The number of imidazole rings is 1. The van der Waals surface area contributed by atoms with E-state index in [-0.39, 0.29) is 5.91 Å². The molecule has 5 nitrogen and oxygen atoms in total. The summed E-state index contributed by atoms with van der Waals surface area (Å²) in [6.45, 7) is 3.38. The van der Waals surface area contributed by atoms with Gasteiger partial charge >= 0.3 is 0 Å². The molecule has 3 rings (SSSR count). The number of hydrogen-bond acceptors (Lipinski definition) is 3. The SMILES string of the molecule is O=C(c1ccc(Cn2ccnc2)cc1)N1CCOCC1. The molecule has 1 aliphatic heterocycles. The van der Waals surface area contributed by atoms with Crippen molar-refractivity contribution in [1.82, 2.24) is 14.5 Å². The Balaban J connectivity index is 1.67. The Morgan fingerprint density at radius 2 is 1.95 bits per heavy atom. The molecule has 5 heteroatoms. The first-order chi connectivity index (χ1) is 9.83. The lowest BCUT2D eigenvalue weighted by atomic mass is 10.1. The minimum absolute atomic E-state index is 0.0856. The van der Waals surface area contributed by atoms with Gasteiger partial charge in [0.2, 0.25) is 0 Å². The van der Waals surface area contributed by atoms with Crippen LogP contribution in [0.4, 0.5) is 0 Å². The molecule has 1 amide bonds. The van der Waals surface area contributed by atoms with Gasteiger partial charge in [0.15, 0.2) is 0 Å². The van der Waals surface area contributed by atoms with Crippen molar-refractivity contribution in [2.45, 2.75) is 6.54 Å². The van der Waals surface area contributed by atoms with Gasteiger partial charge in [0, 0.05) is 37.6 Å². The van der Waals surface area contributed by atoms with E-state index < -0.39 is 0 Å². The second kappa shape index (κ2) is 5.88. The van der Waals surface area contributed by atoms with E-state index in [1.165, 1.54) is 0 Å². The third-order valence-corrected chi connectivity index (χ3v) is 3.42. The lowest BCUT2D eigenvalue weighted by molar-refractivity contribution is 0.0303. The summed E-state index contributed by atoms with van der Waals surface area (Å²) >= 11 is 0. The number of hydrogen-bond donors (Lipinski definition) is 0. The fraction of sp³-hybridized carbons (Fsp3) is 0.333. The number of carbonyl (C=O) groups excluding carboxylic acids is 1. The van der Waals surface area contributed by atoms with Crippen LogP contribution in [0.15, 0.2) is 43.0 Å². The van der Waals surface area contributed by atoms with Crippen LogP contribution in [0.5, 0.6) is 0 Å². The third-order valence-electron chi connectivity index (χ3n) is 3.42. The summed E-state index contributed by atoms with van der Waals surface area (Å²) in [7, 11) is 0. The molecule has 0 atom stereocenters. The Morgan fingerprint density at radius 3 is 2.60 bits per heavy atom. The molecule has 1 aliphatic rings. The summed E-state index contributed by atoms with van der Waals surface area (Å²) in [5.41, 5.74) is 1.89. The van der Waals surface area contributed by atoms with E-state index in [1.54, 1.807) is 12.5 Å². The molecule has 0 spiro atoms. The number of carbonyl (C=O) groups is 1. The second-order valence-electron chi connectivity index (χ2n) is 4.84. The summed E-state index contributed by atoms with van der Waals surface area (Å²) in [4.78, 5) is 18.1. The van der Waals surface area contributed by atoms with Gasteiger partial charge in [-0.05, 0) is 17.7 Å². The molecule has 0 saturated carbocycles. The topological polar surface area (TPSA) is 47.4 Å². The van der Waals surface area contributed by atoms with E-state index in [4.69, 9.17) is 4.74 Å². The first-order valence-corrected chi connectivity index (χ1v) is 6.74. The zero-order valence-corrected chi connectivity index (χ0v) is 11.2. The van der Waals surface area contributed by atoms with Crippen LogP contribution < -0.4 is 0 Å². The quantitative estimate of drug-likeness (QED) is 0.848. The molecule has 2 heterocycles. The lowest BCUT2D eigenvalue weighted by Crippen LogP contribution is -2.40. The van der Waals surface area contributed by atoms with Crippen LogP contribution in [-0.4, -0.2) is 46.7 Å². The zero-order valence-electron chi connectivity index (χ0n) is 11.2. The molecule has 1 fully saturated rings. The molecule has 1 saturated heterocycles. The van der Waals surface area contributed by atoms with E-state index in [0.717, 1.165) is 17.7 Å². The molecule has 0 bridgehead atoms. The Hall–Kier alpha value is -2.14. The average Bonchev–Trinajstić information content (AvgIpc) is 3.01. The smallest absolute Gasteiger partial charge is 0.254 e. The van der Waals surface area contributed by atoms with Crippen LogP contribution in [-0.2, 0) is 11.3 Å². The fourth-order valence-corrected chi connectivity index (χ4v) is 2.29. The van der Waals surface area contributed by atoms with Crippen molar-refractivity contribution >= 4 is 5.91 Å². The van der Waals surface area contributed by atoms with Gasteiger partial charge < -0.3 is 14.2 Å². The van der Waals surface area contributed by atoms with Crippen molar-refractivity contribution in [2.24, 2.45) is 0 Å². The van der Waals surface area contributed by atoms with E-state index in [1.807, 2.05) is 39.9 Å². The molecule has 2 aromatic rings. The van der Waals surface area contributed by atoms with Gasteiger partial charge in [-0.3, -0.25) is 4.79 Å². The van der Waals surface area contributed by atoms with Gasteiger partial charge in [0.25, 0.3) is 5.91 Å². The first-order valence-electron chi connectivity index (χ1n) is 6.74. The summed E-state index contributed by atoms with van der Waals surface area (Å²) in [6.07, 6.45) is 5.47. The van der Waals surface area contributed by atoms with Gasteiger partial charge in [0.1, 0.15) is 0 Å². The maximum Gasteiger partial charge on any atom is 0.254 e. The molecule has 0 unspecified atom stereocenters. The number of aromatic nitrogens is 2. The standard InChI is InChI=1S/C15H17N3O2/c19-15(18-7-9-20-10-8-18)14-3-1-13(2-4-14)11-17-6-5-16-12-17/h1-6,12H,7-11H2. The lowest BCUT2D eigenvalue weighted by Gasteiger charge is -2.26. The highest BCUT2D eigenvalue weighted by Gasteiger charge is 2.18. The molecule has 0 N–H and O–H groups in total. The van der Waals surface area contributed by atoms with Crippen molar-refractivity contribution < 1.29 is 9.53 Å². The Labute approximate surface area is 117 Å². The van der Waals surface area contributed by atoms with Gasteiger partial charge in [0.05, 0.1) is 19.5 Å². The predicted octanol–water partition coefficient (Wildman–Crippen LogP) is 1.40. The summed E-state index contributed by atoms with van der Waals surface area (Å²) in [5.74, 6) is 0.0856. The van der Waals surface area contributed by atoms with Crippen LogP contribution >= 0.6 is 0 Å².